The van der Waals surface area contributed by atoms with Crippen LogP contribution in [0.15, 0.2) is 16.7 Å². The molecule has 0 unspecified atom stereocenters. The molecule has 1 aromatic heterocycles. The van der Waals surface area contributed by atoms with Gasteiger partial charge in [0.2, 0.25) is 11.8 Å². The van der Waals surface area contributed by atoms with Crippen molar-refractivity contribution in [3.05, 3.63) is 23.9 Å². The van der Waals surface area contributed by atoms with Crippen LogP contribution in [-0.4, -0.2) is 34.0 Å². The van der Waals surface area contributed by atoms with E-state index in [9.17, 15) is 4.79 Å². The molecule has 1 aliphatic heterocycles. The Labute approximate surface area is 119 Å². The Kier molecular flexibility index (Phi) is 3.85. The van der Waals surface area contributed by atoms with Crippen LogP contribution in [0.25, 0.3) is 0 Å². The van der Waals surface area contributed by atoms with E-state index >= 15 is 0 Å². The summed E-state index contributed by atoms with van der Waals surface area (Å²) in [4.78, 5) is 18.9. The molecule has 0 aromatic carbocycles. The van der Waals surface area contributed by atoms with E-state index in [2.05, 4.69) is 22.3 Å². The Morgan fingerprint density at radius 2 is 2.30 bits per heavy atom. The molecule has 2 heterocycles. The highest BCUT2D eigenvalue weighted by atomic mass is 16.5. The number of carbonyl (C=O) groups excluding carboxylic acids is 1. The van der Waals surface area contributed by atoms with Crippen LogP contribution in [-0.2, 0) is 4.79 Å². The quantitative estimate of drug-likeness (QED) is 0.778. The third-order valence-electron chi connectivity index (χ3n) is 4.24. The lowest BCUT2D eigenvalue weighted by Crippen LogP contribution is -2.42. The molecule has 5 nitrogen and oxygen atoms in total. The molecule has 1 amide bonds. The van der Waals surface area contributed by atoms with Gasteiger partial charge < -0.3 is 9.42 Å². The van der Waals surface area contributed by atoms with E-state index in [-0.39, 0.29) is 11.8 Å². The number of allylic oxidation sites excluding steroid dienone is 2. The lowest BCUT2D eigenvalue weighted by molar-refractivity contribution is -0.137. The van der Waals surface area contributed by atoms with Crippen LogP contribution in [0.4, 0.5) is 0 Å². The van der Waals surface area contributed by atoms with Crippen LogP contribution in [0, 0.1) is 12.8 Å². The number of rotatable bonds is 2. The molecule has 1 saturated heterocycles. The fourth-order valence-corrected chi connectivity index (χ4v) is 3.13. The lowest BCUT2D eigenvalue weighted by atomic mass is 9.91. The zero-order valence-electron chi connectivity index (χ0n) is 11.9. The van der Waals surface area contributed by atoms with Crippen LogP contribution in [0.5, 0.6) is 0 Å². The maximum atomic E-state index is 12.6. The van der Waals surface area contributed by atoms with Crippen molar-refractivity contribution in [1.82, 2.24) is 15.0 Å². The second-order valence-electron chi connectivity index (χ2n) is 5.78. The maximum Gasteiger partial charge on any atom is 0.231 e. The summed E-state index contributed by atoms with van der Waals surface area (Å²) < 4.78 is 5.27. The van der Waals surface area contributed by atoms with Crippen LogP contribution in [0.3, 0.4) is 0 Å². The Morgan fingerprint density at radius 1 is 1.40 bits per heavy atom. The van der Waals surface area contributed by atoms with Gasteiger partial charge in [0, 0.05) is 19.0 Å². The van der Waals surface area contributed by atoms with Crippen molar-refractivity contribution in [2.45, 2.75) is 44.9 Å². The molecule has 0 saturated carbocycles. The molecule has 0 spiro atoms. The normalized spacial score (nSPS) is 26.8. The average Bonchev–Trinajstić information content (AvgIpc) is 2.94. The molecule has 1 aliphatic carbocycles. The number of amides is 1. The molecule has 0 radical (unpaired) electrons. The molecule has 1 fully saturated rings. The summed E-state index contributed by atoms with van der Waals surface area (Å²) in [5.74, 6) is 2.02. The van der Waals surface area contributed by atoms with Gasteiger partial charge in [-0.1, -0.05) is 17.3 Å². The average molecular weight is 275 g/mol. The predicted molar refractivity (Wildman–Crippen MR) is 74.1 cm³/mol. The van der Waals surface area contributed by atoms with Crippen molar-refractivity contribution in [3.8, 4) is 0 Å². The van der Waals surface area contributed by atoms with Crippen molar-refractivity contribution in [2.75, 3.05) is 13.1 Å². The summed E-state index contributed by atoms with van der Waals surface area (Å²) in [5, 5.41) is 3.85. The molecule has 20 heavy (non-hydrogen) atoms. The number of hydrogen-bond donors (Lipinski definition) is 0. The fourth-order valence-electron chi connectivity index (χ4n) is 3.13. The Morgan fingerprint density at radius 3 is 3.00 bits per heavy atom. The van der Waals surface area contributed by atoms with E-state index in [0.29, 0.717) is 17.6 Å². The highest BCUT2D eigenvalue weighted by Gasteiger charge is 2.31. The van der Waals surface area contributed by atoms with Crippen LogP contribution >= 0.6 is 0 Å². The van der Waals surface area contributed by atoms with Gasteiger partial charge in [-0.3, -0.25) is 4.79 Å². The van der Waals surface area contributed by atoms with Gasteiger partial charge in [-0.2, -0.15) is 4.98 Å². The van der Waals surface area contributed by atoms with Gasteiger partial charge in [0.1, 0.15) is 0 Å². The first-order valence-corrected chi connectivity index (χ1v) is 7.48. The highest BCUT2D eigenvalue weighted by molar-refractivity contribution is 5.79. The SMILES string of the molecule is Cc1noc([C@@H]2CCCN(C(=O)[C@@H]3CC=CCC3)C2)n1. The fraction of sp³-hybridized carbons (Fsp3) is 0.667. The molecule has 108 valence electrons. The monoisotopic (exact) mass is 275 g/mol. The van der Waals surface area contributed by atoms with Gasteiger partial charge in [0.25, 0.3) is 0 Å². The Hall–Kier alpha value is -1.65. The molecule has 3 rings (SSSR count). The zero-order valence-corrected chi connectivity index (χ0v) is 11.9. The molecule has 2 atom stereocenters. The van der Waals surface area contributed by atoms with E-state index < -0.39 is 0 Å². The molecule has 0 bridgehead atoms. The van der Waals surface area contributed by atoms with Crippen molar-refractivity contribution >= 4 is 5.91 Å². The second-order valence-corrected chi connectivity index (χ2v) is 5.78. The van der Waals surface area contributed by atoms with Gasteiger partial charge >= 0.3 is 0 Å². The number of aryl methyl sites for hydroxylation is 1. The first-order valence-electron chi connectivity index (χ1n) is 7.48. The molecular weight excluding hydrogens is 254 g/mol. The number of likely N-dealkylation sites (tertiary alicyclic amines) is 1. The molecule has 5 heteroatoms. The van der Waals surface area contributed by atoms with Gasteiger partial charge in [-0.05, 0) is 39.0 Å². The number of hydrogen-bond acceptors (Lipinski definition) is 4. The molecule has 0 N–H and O–H groups in total. The Balaban J connectivity index is 1.65. The largest absolute Gasteiger partial charge is 0.342 e. The summed E-state index contributed by atoms with van der Waals surface area (Å²) >= 11 is 0. The zero-order chi connectivity index (χ0) is 13.9. The highest BCUT2D eigenvalue weighted by Crippen LogP contribution is 2.28. The first kappa shape index (κ1) is 13.3. The maximum absolute atomic E-state index is 12.6. The summed E-state index contributed by atoms with van der Waals surface area (Å²) in [5.41, 5.74) is 0. The third kappa shape index (κ3) is 2.76. The summed E-state index contributed by atoms with van der Waals surface area (Å²) in [6.45, 7) is 3.41. The minimum absolute atomic E-state index is 0.170. The number of piperidine rings is 1. The smallest absolute Gasteiger partial charge is 0.231 e. The van der Waals surface area contributed by atoms with Crippen molar-refractivity contribution in [3.63, 3.8) is 0 Å². The van der Waals surface area contributed by atoms with Gasteiger partial charge in [-0.15, -0.1) is 0 Å². The van der Waals surface area contributed by atoms with Gasteiger partial charge in [-0.25, -0.2) is 0 Å². The van der Waals surface area contributed by atoms with Crippen molar-refractivity contribution in [2.24, 2.45) is 5.92 Å². The van der Waals surface area contributed by atoms with Crippen LogP contribution < -0.4 is 0 Å². The minimum atomic E-state index is 0.170. The van der Waals surface area contributed by atoms with Crippen LogP contribution in [0.2, 0.25) is 0 Å². The number of carbonyl (C=O) groups is 1. The summed E-state index contributed by atoms with van der Waals surface area (Å²) in [6, 6.07) is 0. The third-order valence-corrected chi connectivity index (χ3v) is 4.24. The molecular formula is C15H21N3O2. The van der Waals surface area contributed by atoms with E-state index in [4.69, 9.17) is 4.52 Å². The Bertz CT molecular complexity index is 509. The molecule has 2 aliphatic rings. The van der Waals surface area contributed by atoms with Crippen molar-refractivity contribution < 1.29 is 9.32 Å². The minimum Gasteiger partial charge on any atom is -0.342 e. The summed E-state index contributed by atoms with van der Waals surface area (Å²) in [7, 11) is 0. The van der Waals surface area contributed by atoms with E-state index in [1.807, 2.05) is 11.8 Å². The standard InChI is InChI=1S/C15H21N3O2/c1-11-16-14(20-17-11)13-8-5-9-18(10-13)15(19)12-6-3-2-4-7-12/h2-3,12-13H,4-10H2,1H3/t12-,13-/m1/s1. The second kappa shape index (κ2) is 5.77. The number of aromatic nitrogens is 2. The first-order chi connectivity index (χ1) is 9.74. The van der Waals surface area contributed by atoms with Crippen molar-refractivity contribution in [1.29, 1.82) is 0 Å². The van der Waals surface area contributed by atoms with E-state index in [1.165, 1.54) is 0 Å². The van der Waals surface area contributed by atoms with Gasteiger partial charge in [0.05, 0.1) is 5.92 Å². The lowest BCUT2D eigenvalue weighted by Gasteiger charge is -2.34. The van der Waals surface area contributed by atoms with E-state index in [1.54, 1.807) is 0 Å². The van der Waals surface area contributed by atoms with Crippen LogP contribution in [0.1, 0.15) is 49.7 Å². The van der Waals surface area contributed by atoms with Gasteiger partial charge in [0.15, 0.2) is 5.82 Å². The topological polar surface area (TPSA) is 59.2 Å². The van der Waals surface area contributed by atoms with E-state index in [0.717, 1.165) is 45.2 Å². The number of nitrogens with zero attached hydrogens (tertiary/aromatic N) is 3. The molecule has 1 aromatic rings. The summed E-state index contributed by atoms with van der Waals surface area (Å²) in [6.07, 6.45) is 9.24. The predicted octanol–water partition coefficient (Wildman–Crippen LogP) is 2.44.